The molecule has 4 fully saturated rings. The van der Waals surface area contributed by atoms with Gasteiger partial charge in [0.2, 0.25) is 17.8 Å². The molecule has 1 unspecified atom stereocenters. The minimum Gasteiger partial charge on any atom is -0.370 e. The lowest BCUT2D eigenvalue weighted by atomic mass is 9.87. The van der Waals surface area contributed by atoms with Crippen LogP contribution in [0.25, 0.3) is 11.0 Å². The van der Waals surface area contributed by atoms with Gasteiger partial charge >= 0.3 is 0 Å². The van der Waals surface area contributed by atoms with Gasteiger partial charge in [0.05, 0.1) is 23.0 Å². The van der Waals surface area contributed by atoms with Gasteiger partial charge in [-0.3, -0.25) is 34.2 Å². The van der Waals surface area contributed by atoms with E-state index in [1.54, 1.807) is 31.3 Å². The summed E-state index contributed by atoms with van der Waals surface area (Å²) < 4.78 is 2.12. The van der Waals surface area contributed by atoms with Crippen LogP contribution < -0.4 is 15.5 Å². The third-order valence-electron chi connectivity index (χ3n) is 12.9. The first-order valence-corrected chi connectivity index (χ1v) is 20.8. The molecular weight excluding hydrogens is 737 g/mol. The number of likely N-dealkylation sites (tertiary alicyclic amines) is 1. The van der Waals surface area contributed by atoms with Crippen molar-refractivity contribution in [1.29, 1.82) is 0 Å². The summed E-state index contributed by atoms with van der Waals surface area (Å²) >= 11 is 0. The number of amides is 5. The summed E-state index contributed by atoms with van der Waals surface area (Å²) in [6.07, 6.45) is 12.5. The number of nitrogens with zero attached hydrogens (tertiary/aromatic N) is 8. The number of imide groups is 2. The van der Waals surface area contributed by atoms with E-state index in [9.17, 15) is 24.0 Å². The number of rotatable bonds is 9. The number of hydrogen-bond acceptors (Lipinski definition) is 11. The van der Waals surface area contributed by atoms with Gasteiger partial charge in [0.25, 0.3) is 17.7 Å². The van der Waals surface area contributed by atoms with Gasteiger partial charge in [-0.1, -0.05) is 18.9 Å². The lowest BCUT2D eigenvalue weighted by molar-refractivity contribution is -0.136. The molecule has 302 valence electrons. The van der Waals surface area contributed by atoms with E-state index in [4.69, 9.17) is 9.97 Å². The maximum Gasteiger partial charge on any atom is 0.270 e. The fourth-order valence-electron chi connectivity index (χ4n) is 9.69. The van der Waals surface area contributed by atoms with Crippen LogP contribution in [0.1, 0.15) is 113 Å². The highest BCUT2D eigenvalue weighted by atomic mass is 16.2. The smallest absolute Gasteiger partial charge is 0.270 e. The van der Waals surface area contributed by atoms with Gasteiger partial charge in [0.15, 0.2) is 0 Å². The van der Waals surface area contributed by atoms with E-state index in [1.165, 1.54) is 0 Å². The number of carbonyl (C=O) groups excluding carboxylic acids is 5. The molecule has 1 aliphatic carbocycles. The molecule has 1 saturated carbocycles. The monoisotopic (exact) mass is 786 g/mol. The summed E-state index contributed by atoms with van der Waals surface area (Å²) in [7, 11) is 3.56. The van der Waals surface area contributed by atoms with Crippen molar-refractivity contribution < 1.29 is 24.0 Å². The molecule has 7 heterocycles. The number of aromatic nitrogens is 4. The first-order valence-electron chi connectivity index (χ1n) is 20.8. The number of hydrogen-bond donors (Lipinski definition) is 2. The van der Waals surface area contributed by atoms with E-state index in [-0.39, 0.29) is 30.7 Å². The standard InChI is InChI=1S/C43H50N10O5/c1-49(2)42(58)35-22-29-23-45-43(48-38(29)52(35)30-5-3-4-6-30)46-36-11-8-31(24-44-36)51-19-13-26(14-20-51)25-50-17-15-27(16-18-50)28-7-9-32-33(21-28)41(57)53(40(32)56)34-10-12-37(54)47-39(34)55/h7-9,11,21-24,26-27,30,34H,3-6,10,12-20,25H2,1-2H3,(H,47,54,55)(H,44,45,46,48). The van der Waals surface area contributed by atoms with Gasteiger partial charge in [-0.15, -0.1) is 0 Å². The van der Waals surface area contributed by atoms with E-state index in [1.807, 2.05) is 30.5 Å². The van der Waals surface area contributed by atoms with Crippen LogP contribution in [0.3, 0.4) is 0 Å². The first kappa shape index (κ1) is 37.9. The molecule has 9 rings (SSSR count). The van der Waals surface area contributed by atoms with E-state index in [2.05, 4.69) is 36.1 Å². The lowest BCUT2D eigenvalue weighted by Gasteiger charge is -2.38. The molecule has 3 aromatic heterocycles. The molecule has 5 aliphatic rings. The number of piperidine rings is 3. The number of fused-ring (bicyclic) bond motifs is 2. The van der Waals surface area contributed by atoms with Crippen LogP contribution in [0.5, 0.6) is 0 Å². The summed E-state index contributed by atoms with van der Waals surface area (Å²) in [6.45, 7) is 4.97. The van der Waals surface area contributed by atoms with Crippen LogP contribution >= 0.6 is 0 Å². The van der Waals surface area contributed by atoms with Crippen LogP contribution in [0.15, 0.2) is 48.8 Å². The molecule has 1 aromatic carbocycles. The fraction of sp³-hybridized carbons (Fsp3) is 0.488. The Hall–Kier alpha value is -5.70. The van der Waals surface area contributed by atoms with Crippen LogP contribution in [0, 0.1) is 5.92 Å². The Kier molecular flexibility index (Phi) is 10.2. The molecule has 0 bridgehead atoms. The summed E-state index contributed by atoms with van der Waals surface area (Å²) in [5.74, 6) is 0.115. The largest absolute Gasteiger partial charge is 0.370 e. The van der Waals surface area contributed by atoms with Crippen molar-refractivity contribution in [3.63, 3.8) is 0 Å². The second-order valence-electron chi connectivity index (χ2n) is 16.8. The third-order valence-corrected chi connectivity index (χ3v) is 12.9. The normalized spacial score (nSPS) is 21.2. The number of benzene rings is 1. The predicted molar refractivity (Wildman–Crippen MR) is 217 cm³/mol. The second-order valence-corrected chi connectivity index (χ2v) is 16.8. The maximum atomic E-state index is 13.4. The molecule has 2 N–H and O–H groups in total. The van der Waals surface area contributed by atoms with Crippen LogP contribution in [0.4, 0.5) is 17.5 Å². The molecule has 4 aromatic rings. The molecule has 3 saturated heterocycles. The second kappa shape index (κ2) is 15.6. The Balaban J connectivity index is 0.762. The molecular formula is C43H50N10O5. The molecule has 0 radical (unpaired) electrons. The minimum absolute atomic E-state index is 0.0294. The quantitative estimate of drug-likeness (QED) is 0.222. The highest BCUT2D eigenvalue weighted by Gasteiger charge is 2.45. The Bertz CT molecular complexity index is 2270. The Labute approximate surface area is 337 Å². The molecule has 15 heteroatoms. The van der Waals surface area contributed by atoms with E-state index in [0.29, 0.717) is 40.4 Å². The van der Waals surface area contributed by atoms with Crippen molar-refractivity contribution in [3.05, 3.63) is 71.2 Å². The van der Waals surface area contributed by atoms with Crippen LogP contribution in [-0.4, -0.2) is 117 Å². The van der Waals surface area contributed by atoms with Crippen molar-refractivity contribution in [2.24, 2.45) is 5.92 Å². The van der Waals surface area contributed by atoms with E-state index in [0.717, 1.165) is 111 Å². The zero-order valence-corrected chi connectivity index (χ0v) is 33.2. The number of carbonyl (C=O) groups is 5. The number of anilines is 3. The van der Waals surface area contributed by atoms with Crippen molar-refractivity contribution in [1.82, 2.24) is 39.5 Å². The van der Waals surface area contributed by atoms with Crippen molar-refractivity contribution in [2.45, 2.75) is 82.2 Å². The van der Waals surface area contributed by atoms with Gasteiger partial charge in [-0.2, -0.15) is 4.98 Å². The van der Waals surface area contributed by atoms with Crippen LogP contribution in [0.2, 0.25) is 0 Å². The summed E-state index contributed by atoms with van der Waals surface area (Å²) in [6, 6.07) is 10.8. The van der Waals surface area contributed by atoms with E-state index < -0.39 is 23.8 Å². The van der Waals surface area contributed by atoms with Crippen molar-refractivity contribution >= 4 is 58.0 Å². The highest BCUT2D eigenvalue weighted by molar-refractivity contribution is 6.23. The fourth-order valence-corrected chi connectivity index (χ4v) is 9.69. The van der Waals surface area contributed by atoms with Gasteiger partial charge in [0.1, 0.15) is 23.2 Å². The Morgan fingerprint density at radius 1 is 0.845 bits per heavy atom. The van der Waals surface area contributed by atoms with Crippen molar-refractivity contribution in [2.75, 3.05) is 57.0 Å². The average molecular weight is 787 g/mol. The van der Waals surface area contributed by atoms with E-state index >= 15 is 0 Å². The average Bonchev–Trinajstić information content (AvgIpc) is 3.95. The highest BCUT2D eigenvalue weighted by Crippen LogP contribution is 2.36. The topological polar surface area (TPSA) is 166 Å². The maximum absolute atomic E-state index is 13.4. The molecule has 1 atom stereocenters. The third kappa shape index (κ3) is 7.20. The lowest BCUT2D eigenvalue weighted by Crippen LogP contribution is -2.54. The number of pyridine rings is 1. The summed E-state index contributed by atoms with van der Waals surface area (Å²) in [5.41, 5.74) is 4.27. The first-order chi connectivity index (χ1) is 28.1. The molecule has 15 nitrogen and oxygen atoms in total. The molecule has 4 aliphatic heterocycles. The van der Waals surface area contributed by atoms with Gasteiger partial charge < -0.3 is 24.6 Å². The molecule has 0 spiro atoms. The zero-order chi connectivity index (χ0) is 40.1. The number of nitrogens with one attached hydrogen (secondary N) is 2. The van der Waals surface area contributed by atoms with Gasteiger partial charge in [-0.25, -0.2) is 9.97 Å². The predicted octanol–water partition coefficient (Wildman–Crippen LogP) is 4.88. The zero-order valence-electron chi connectivity index (χ0n) is 33.2. The van der Waals surface area contributed by atoms with Gasteiger partial charge in [0, 0.05) is 57.8 Å². The van der Waals surface area contributed by atoms with Gasteiger partial charge in [-0.05, 0) is 106 Å². The SMILES string of the molecule is CN(C)C(=O)c1cc2cnc(Nc3ccc(N4CCC(CN5CCC(c6ccc7c(c6)C(=O)N(C6CCC(=O)NC6=O)C7=O)CC5)CC4)cn3)nc2n1C1CCCC1. The Morgan fingerprint density at radius 3 is 2.31 bits per heavy atom. The van der Waals surface area contributed by atoms with Crippen molar-refractivity contribution in [3.8, 4) is 0 Å². The Morgan fingerprint density at radius 2 is 1.60 bits per heavy atom. The molecule has 5 amide bonds. The molecule has 58 heavy (non-hydrogen) atoms. The minimum atomic E-state index is -0.954. The summed E-state index contributed by atoms with van der Waals surface area (Å²) in [5, 5.41) is 6.40. The van der Waals surface area contributed by atoms with Crippen LogP contribution in [-0.2, 0) is 9.59 Å². The summed E-state index contributed by atoms with van der Waals surface area (Å²) in [4.78, 5) is 85.4.